The Bertz CT molecular complexity index is 389. The molecule has 24 heavy (non-hydrogen) atoms. The van der Waals surface area contributed by atoms with Crippen LogP contribution < -0.4 is 0 Å². The highest BCUT2D eigenvalue weighted by Crippen LogP contribution is 2.39. The number of hydrogen-bond donors (Lipinski definition) is 3. The molecular weight excluding hydrogens is 328 g/mol. The molecule has 2 N–H and O–H groups in total. The minimum absolute atomic E-state index is 0.0735. The van der Waals surface area contributed by atoms with Crippen molar-refractivity contribution in [2.45, 2.75) is 99.7 Å². The average Bonchev–Trinajstić information content (AvgIpc) is 3.15. The molecule has 1 spiro atoms. The van der Waals surface area contributed by atoms with Crippen molar-refractivity contribution in [1.82, 2.24) is 0 Å². The van der Waals surface area contributed by atoms with Gasteiger partial charge < -0.3 is 24.4 Å². The number of aliphatic hydroxyl groups is 2. The molecule has 3 atom stereocenters. The first-order valence-electron chi connectivity index (χ1n) is 9.56. The third kappa shape index (κ3) is 4.86. The van der Waals surface area contributed by atoms with E-state index in [4.69, 9.17) is 14.2 Å². The molecule has 6 heteroatoms. The van der Waals surface area contributed by atoms with Crippen molar-refractivity contribution in [3.63, 3.8) is 0 Å². The van der Waals surface area contributed by atoms with Gasteiger partial charge in [0.25, 0.3) is 0 Å². The van der Waals surface area contributed by atoms with Crippen molar-refractivity contribution in [3.05, 3.63) is 0 Å². The van der Waals surface area contributed by atoms with Crippen molar-refractivity contribution < 1.29 is 24.4 Å². The molecule has 0 bridgehead atoms. The topological polar surface area (TPSA) is 68.2 Å². The molecule has 2 heterocycles. The maximum absolute atomic E-state index is 9.78. The summed E-state index contributed by atoms with van der Waals surface area (Å²) in [6, 6.07) is 0. The Hall–Kier alpha value is 0.150. The first-order valence-corrected chi connectivity index (χ1v) is 10.0. The highest BCUT2D eigenvalue weighted by molar-refractivity contribution is 7.81. The summed E-state index contributed by atoms with van der Waals surface area (Å²) in [6.45, 7) is 1.21. The predicted molar refractivity (Wildman–Crippen MR) is 94.0 cm³/mol. The van der Waals surface area contributed by atoms with Gasteiger partial charge in [0.05, 0.1) is 12.7 Å². The van der Waals surface area contributed by atoms with Gasteiger partial charge in [0.2, 0.25) is 0 Å². The van der Waals surface area contributed by atoms with E-state index in [1.54, 1.807) is 0 Å². The molecule has 0 aromatic heterocycles. The molecule has 4 aliphatic rings. The first kappa shape index (κ1) is 18.9. The molecular formula is C18H32O5S. The van der Waals surface area contributed by atoms with Gasteiger partial charge in [-0.25, -0.2) is 0 Å². The van der Waals surface area contributed by atoms with Crippen LogP contribution in [0.25, 0.3) is 0 Å². The molecule has 0 aromatic rings. The molecule has 0 amide bonds. The molecule has 0 aromatic carbocycles. The van der Waals surface area contributed by atoms with Crippen molar-refractivity contribution in [2.24, 2.45) is 0 Å². The lowest BCUT2D eigenvalue weighted by atomic mass is 9.94. The molecule has 2 saturated heterocycles. The van der Waals surface area contributed by atoms with E-state index in [0.29, 0.717) is 13.2 Å². The summed E-state index contributed by atoms with van der Waals surface area (Å²) in [6.07, 6.45) is 11.0. The Morgan fingerprint density at radius 1 is 0.917 bits per heavy atom. The van der Waals surface area contributed by atoms with Crippen LogP contribution in [0.1, 0.15) is 70.6 Å². The maximum Gasteiger partial charge on any atom is 0.169 e. The zero-order chi connectivity index (χ0) is 17.0. The second-order valence-electron chi connectivity index (χ2n) is 7.67. The first-order chi connectivity index (χ1) is 11.5. The zero-order valence-electron chi connectivity index (χ0n) is 14.5. The largest absolute Gasteiger partial charge is 0.390 e. The lowest BCUT2D eigenvalue weighted by Gasteiger charge is -2.32. The summed E-state index contributed by atoms with van der Waals surface area (Å²) >= 11 is 4.07. The summed E-state index contributed by atoms with van der Waals surface area (Å²) in [5, 5.41) is 19.0. The van der Waals surface area contributed by atoms with E-state index in [0.717, 1.165) is 44.9 Å². The number of hydrogen-bond acceptors (Lipinski definition) is 6. The van der Waals surface area contributed by atoms with Gasteiger partial charge in [-0.1, -0.05) is 12.8 Å². The molecule has 2 aliphatic carbocycles. The van der Waals surface area contributed by atoms with Gasteiger partial charge in [-0.15, -0.1) is 12.6 Å². The molecule has 4 fully saturated rings. The van der Waals surface area contributed by atoms with Gasteiger partial charge in [0.15, 0.2) is 5.79 Å². The van der Waals surface area contributed by atoms with Crippen LogP contribution in [0.3, 0.4) is 0 Å². The van der Waals surface area contributed by atoms with Crippen molar-refractivity contribution in [3.8, 4) is 0 Å². The molecule has 3 unspecified atom stereocenters. The number of thiol groups is 1. The van der Waals surface area contributed by atoms with E-state index in [2.05, 4.69) is 12.6 Å². The summed E-state index contributed by atoms with van der Waals surface area (Å²) in [5.74, 6) is -0.353. The van der Waals surface area contributed by atoms with Crippen LogP contribution in [-0.2, 0) is 14.2 Å². The second kappa shape index (κ2) is 8.23. The summed E-state index contributed by atoms with van der Waals surface area (Å²) in [7, 11) is 0. The quantitative estimate of drug-likeness (QED) is 0.496. The number of ether oxygens (including phenoxy) is 3. The number of aliphatic hydroxyl groups excluding tert-OH is 1. The van der Waals surface area contributed by atoms with Gasteiger partial charge in [-0.2, -0.15) is 0 Å². The van der Waals surface area contributed by atoms with Crippen LogP contribution >= 0.6 is 12.6 Å². The van der Waals surface area contributed by atoms with Crippen LogP contribution in [-0.4, -0.2) is 52.5 Å². The van der Waals surface area contributed by atoms with E-state index < -0.39 is 4.93 Å². The van der Waals surface area contributed by atoms with Gasteiger partial charge >= 0.3 is 0 Å². The normalized spacial score (nSPS) is 37.9. The minimum atomic E-state index is -0.627. The monoisotopic (exact) mass is 360 g/mol. The highest BCUT2D eigenvalue weighted by atomic mass is 32.1. The summed E-state index contributed by atoms with van der Waals surface area (Å²) in [5.41, 5.74) is 0. The minimum Gasteiger partial charge on any atom is -0.390 e. The van der Waals surface area contributed by atoms with Crippen LogP contribution in [0.15, 0.2) is 0 Å². The van der Waals surface area contributed by atoms with Crippen LogP contribution in [0, 0.1) is 0 Å². The lowest BCUT2D eigenvalue weighted by Crippen LogP contribution is -2.39. The molecule has 4 rings (SSSR count). The average molecular weight is 361 g/mol. The molecule has 2 aliphatic heterocycles. The van der Waals surface area contributed by atoms with Gasteiger partial charge in [-0.05, 0) is 44.9 Å². The smallest absolute Gasteiger partial charge is 0.169 e. The Morgan fingerprint density at radius 2 is 1.54 bits per heavy atom. The van der Waals surface area contributed by atoms with Gasteiger partial charge in [0, 0.05) is 19.4 Å². The summed E-state index contributed by atoms with van der Waals surface area (Å²) in [4.78, 5) is -0.627. The SMILES string of the molecule is OC1(S)CCCCC1.OC1CCOC1C1COC2(CCCCC2)O1. The van der Waals surface area contributed by atoms with E-state index in [1.807, 2.05) is 0 Å². The third-order valence-electron chi connectivity index (χ3n) is 5.62. The fourth-order valence-electron chi connectivity index (χ4n) is 4.17. The van der Waals surface area contributed by atoms with Gasteiger partial charge in [-0.3, -0.25) is 0 Å². The van der Waals surface area contributed by atoms with E-state index in [1.165, 1.54) is 25.7 Å². The fourth-order valence-corrected chi connectivity index (χ4v) is 4.48. The Kier molecular flexibility index (Phi) is 6.49. The molecule has 140 valence electrons. The Labute approximate surface area is 150 Å². The van der Waals surface area contributed by atoms with Crippen LogP contribution in [0.2, 0.25) is 0 Å². The Balaban J connectivity index is 0.000000179. The maximum atomic E-state index is 9.78. The van der Waals surface area contributed by atoms with Crippen molar-refractivity contribution in [1.29, 1.82) is 0 Å². The predicted octanol–water partition coefficient (Wildman–Crippen LogP) is 2.78. The molecule has 2 saturated carbocycles. The fraction of sp³-hybridized carbons (Fsp3) is 1.00. The van der Waals surface area contributed by atoms with E-state index >= 15 is 0 Å². The van der Waals surface area contributed by atoms with Crippen LogP contribution in [0.5, 0.6) is 0 Å². The summed E-state index contributed by atoms with van der Waals surface area (Å²) < 4.78 is 17.4. The van der Waals surface area contributed by atoms with Crippen molar-refractivity contribution >= 4 is 12.6 Å². The van der Waals surface area contributed by atoms with Crippen LogP contribution in [0.4, 0.5) is 0 Å². The standard InChI is InChI=1S/C12H20O4.C6H12OS/c13-9-4-7-14-11(9)10-8-15-12(16-10)5-2-1-3-6-12;7-6(8)4-2-1-3-5-6/h9-11,13H,1-8H2;7-8H,1-5H2. The molecule has 0 radical (unpaired) electrons. The lowest BCUT2D eigenvalue weighted by molar-refractivity contribution is -0.199. The number of rotatable bonds is 1. The van der Waals surface area contributed by atoms with E-state index in [9.17, 15) is 10.2 Å². The molecule has 5 nitrogen and oxygen atoms in total. The van der Waals surface area contributed by atoms with E-state index in [-0.39, 0.29) is 24.1 Å². The Morgan fingerprint density at radius 3 is 2.04 bits per heavy atom. The highest BCUT2D eigenvalue weighted by Gasteiger charge is 2.47. The van der Waals surface area contributed by atoms with Crippen molar-refractivity contribution in [2.75, 3.05) is 13.2 Å². The van der Waals surface area contributed by atoms with Gasteiger partial charge in [0.1, 0.15) is 17.1 Å². The third-order valence-corrected chi connectivity index (χ3v) is 6.06. The second-order valence-corrected chi connectivity index (χ2v) is 8.51. The zero-order valence-corrected chi connectivity index (χ0v) is 15.4.